The molecule has 1 atom stereocenters. The van der Waals surface area contributed by atoms with Crippen LogP contribution < -0.4 is 5.32 Å². The maximum absolute atomic E-state index is 13.1. The standard InChI is InChI=1S/C11H11F4N.ClH/c12-10-4-8(7-1-2-16-6-7)3-9(5-10)11(13,14)15;/h3-5,7,16H,1-2,6H2;1H. The molecule has 1 aliphatic rings. The van der Waals surface area contributed by atoms with Crippen molar-refractivity contribution in [2.75, 3.05) is 13.1 Å². The molecule has 0 aromatic heterocycles. The molecule has 1 saturated heterocycles. The van der Waals surface area contributed by atoms with Crippen LogP contribution in [0.1, 0.15) is 23.5 Å². The number of alkyl halides is 3. The summed E-state index contributed by atoms with van der Waals surface area (Å²) in [4.78, 5) is 0. The first-order valence-electron chi connectivity index (χ1n) is 5.05. The van der Waals surface area contributed by atoms with Crippen LogP contribution in [0.25, 0.3) is 0 Å². The van der Waals surface area contributed by atoms with E-state index in [2.05, 4.69) is 5.32 Å². The van der Waals surface area contributed by atoms with E-state index in [4.69, 9.17) is 0 Å². The maximum Gasteiger partial charge on any atom is 0.416 e. The molecule has 17 heavy (non-hydrogen) atoms. The van der Waals surface area contributed by atoms with E-state index < -0.39 is 17.6 Å². The Morgan fingerprint density at radius 2 is 1.88 bits per heavy atom. The molecule has 0 spiro atoms. The van der Waals surface area contributed by atoms with Crippen LogP contribution in [0.5, 0.6) is 0 Å². The minimum absolute atomic E-state index is 0. The molecule has 1 unspecified atom stereocenters. The number of hydrogen-bond donors (Lipinski definition) is 1. The van der Waals surface area contributed by atoms with Crippen LogP contribution in [-0.2, 0) is 6.18 Å². The van der Waals surface area contributed by atoms with Gasteiger partial charge in [-0.25, -0.2) is 4.39 Å². The average molecular weight is 270 g/mol. The van der Waals surface area contributed by atoms with Crippen molar-refractivity contribution in [3.63, 3.8) is 0 Å². The average Bonchev–Trinajstić information content (AvgIpc) is 2.68. The Balaban J connectivity index is 0.00000144. The highest BCUT2D eigenvalue weighted by atomic mass is 35.5. The highest BCUT2D eigenvalue weighted by molar-refractivity contribution is 5.85. The Hall–Kier alpha value is -0.810. The summed E-state index contributed by atoms with van der Waals surface area (Å²) in [5, 5.41) is 3.04. The molecule has 0 bridgehead atoms. The monoisotopic (exact) mass is 269 g/mol. The van der Waals surface area contributed by atoms with Crippen molar-refractivity contribution in [1.29, 1.82) is 0 Å². The molecule has 1 aromatic carbocycles. The summed E-state index contributed by atoms with van der Waals surface area (Å²) in [6, 6.07) is 2.76. The highest BCUT2D eigenvalue weighted by Gasteiger charge is 2.32. The van der Waals surface area contributed by atoms with E-state index in [1.54, 1.807) is 0 Å². The third kappa shape index (κ3) is 3.33. The number of nitrogens with one attached hydrogen (secondary N) is 1. The second kappa shape index (κ2) is 5.23. The fraction of sp³-hybridized carbons (Fsp3) is 0.455. The quantitative estimate of drug-likeness (QED) is 0.771. The lowest BCUT2D eigenvalue weighted by Gasteiger charge is -2.13. The molecule has 0 aliphatic carbocycles. The van der Waals surface area contributed by atoms with E-state index in [0.29, 0.717) is 18.2 Å². The molecule has 96 valence electrons. The molecule has 1 nitrogen and oxygen atoms in total. The van der Waals surface area contributed by atoms with Gasteiger partial charge in [0.2, 0.25) is 0 Å². The Morgan fingerprint density at radius 1 is 1.18 bits per heavy atom. The first kappa shape index (κ1) is 14.3. The lowest BCUT2D eigenvalue weighted by Crippen LogP contribution is -2.10. The van der Waals surface area contributed by atoms with Gasteiger partial charge < -0.3 is 5.32 Å². The number of benzene rings is 1. The summed E-state index contributed by atoms with van der Waals surface area (Å²) < 4.78 is 50.4. The molecule has 1 heterocycles. The summed E-state index contributed by atoms with van der Waals surface area (Å²) in [5.41, 5.74) is -0.480. The summed E-state index contributed by atoms with van der Waals surface area (Å²) in [5.74, 6) is -0.839. The van der Waals surface area contributed by atoms with E-state index in [9.17, 15) is 17.6 Å². The molecule has 1 fully saturated rings. The van der Waals surface area contributed by atoms with Gasteiger partial charge in [0.25, 0.3) is 0 Å². The molecule has 2 rings (SSSR count). The molecule has 6 heteroatoms. The maximum atomic E-state index is 13.1. The predicted octanol–water partition coefficient (Wildman–Crippen LogP) is 3.34. The number of hydrogen-bond acceptors (Lipinski definition) is 1. The zero-order valence-corrected chi connectivity index (χ0v) is 9.67. The van der Waals surface area contributed by atoms with Crippen LogP contribution in [0.2, 0.25) is 0 Å². The number of rotatable bonds is 1. The van der Waals surface area contributed by atoms with Gasteiger partial charge in [-0.15, -0.1) is 12.4 Å². The van der Waals surface area contributed by atoms with Crippen molar-refractivity contribution in [3.05, 3.63) is 35.1 Å². The van der Waals surface area contributed by atoms with Crippen LogP contribution in [-0.4, -0.2) is 13.1 Å². The molecule has 1 aliphatic heterocycles. The van der Waals surface area contributed by atoms with Crippen molar-refractivity contribution < 1.29 is 17.6 Å². The predicted molar refractivity (Wildman–Crippen MR) is 58.9 cm³/mol. The Kier molecular flexibility index (Phi) is 4.38. The highest BCUT2D eigenvalue weighted by Crippen LogP contribution is 2.33. The minimum atomic E-state index is -4.48. The second-order valence-electron chi connectivity index (χ2n) is 3.96. The van der Waals surface area contributed by atoms with Gasteiger partial charge in [-0.2, -0.15) is 13.2 Å². The van der Waals surface area contributed by atoms with Crippen molar-refractivity contribution in [3.8, 4) is 0 Å². The summed E-state index contributed by atoms with van der Waals surface area (Å²) in [6.07, 6.45) is -3.73. The molecule has 0 radical (unpaired) electrons. The van der Waals surface area contributed by atoms with Gasteiger partial charge in [0.05, 0.1) is 5.56 Å². The first-order chi connectivity index (χ1) is 7.47. The van der Waals surface area contributed by atoms with Crippen LogP contribution in [0, 0.1) is 5.82 Å². The molecular weight excluding hydrogens is 258 g/mol. The molecular formula is C11H12ClF4N. The van der Waals surface area contributed by atoms with Gasteiger partial charge >= 0.3 is 6.18 Å². The van der Waals surface area contributed by atoms with Crippen molar-refractivity contribution in [1.82, 2.24) is 5.32 Å². The topological polar surface area (TPSA) is 12.0 Å². The first-order valence-corrected chi connectivity index (χ1v) is 5.05. The SMILES string of the molecule is Cl.Fc1cc(C2CCNC2)cc(C(F)(F)F)c1. The van der Waals surface area contributed by atoms with E-state index in [1.807, 2.05) is 0 Å². The van der Waals surface area contributed by atoms with E-state index >= 15 is 0 Å². The third-order valence-electron chi connectivity index (χ3n) is 2.78. The van der Waals surface area contributed by atoms with Gasteiger partial charge in [0.1, 0.15) is 5.82 Å². The number of halogens is 5. The third-order valence-corrected chi connectivity index (χ3v) is 2.78. The van der Waals surface area contributed by atoms with Crippen molar-refractivity contribution >= 4 is 12.4 Å². The summed E-state index contributed by atoms with van der Waals surface area (Å²) in [7, 11) is 0. The van der Waals surface area contributed by atoms with Crippen LogP contribution in [0.3, 0.4) is 0 Å². The molecule has 0 saturated carbocycles. The van der Waals surface area contributed by atoms with Gasteiger partial charge in [-0.1, -0.05) is 0 Å². The Morgan fingerprint density at radius 3 is 2.41 bits per heavy atom. The Bertz CT molecular complexity index is 386. The van der Waals surface area contributed by atoms with Gasteiger partial charge in [0, 0.05) is 6.54 Å². The molecule has 0 amide bonds. The fourth-order valence-corrected chi connectivity index (χ4v) is 1.95. The lowest BCUT2D eigenvalue weighted by molar-refractivity contribution is -0.137. The van der Waals surface area contributed by atoms with Gasteiger partial charge in [-0.3, -0.25) is 0 Å². The van der Waals surface area contributed by atoms with Gasteiger partial charge in [0.15, 0.2) is 0 Å². The molecule has 1 N–H and O–H groups in total. The normalized spacial score (nSPS) is 20.1. The fourth-order valence-electron chi connectivity index (χ4n) is 1.95. The summed E-state index contributed by atoms with van der Waals surface area (Å²) in [6.45, 7) is 1.38. The van der Waals surface area contributed by atoms with E-state index in [1.165, 1.54) is 6.07 Å². The van der Waals surface area contributed by atoms with Crippen LogP contribution in [0.15, 0.2) is 18.2 Å². The van der Waals surface area contributed by atoms with Crippen LogP contribution in [0.4, 0.5) is 17.6 Å². The summed E-state index contributed by atoms with van der Waals surface area (Å²) >= 11 is 0. The lowest BCUT2D eigenvalue weighted by atomic mass is 9.96. The zero-order chi connectivity index (χ0) is 11.8. The van der Waals surface area contributed by atoms with Crippen molar-refractivity contribution in [2.24, 2.45) is 0 Å². The van der Waals surface area contributed by atoms with E-state index in [-0.39, 0.29) is 18.3 Å². The zero-order valence-electron chi connectivity index (χ0n) is 8.85. The Labute approximate surface area is 103 Å². The largest absolute Gasteiger partial charge is 0.416 e. The van der Waals surface area contributed by atoms with Crippen molar-refractivity contribution in [2.45, 2.75) is 18.5 Å². The molecule has 1 aromatic rings. The van der Waals surface area contributed by atoms with Crippen LogP contribution >= 0.6 is 12.4 Å². The van der Waals surface area contributed by atoms with Gasteiger partial charge in [-0.05, 0) is 42.6 Å². The second-order valence-corrected chi connectivity index (χ2v) is 3.96. The minimum Gasteiger partial charge on any atom is -0.316 e. The van der Waals surface area contributed by atoms with E-state index in [0.717, 1.165) is 19.0 Å². The smallest absolute Gasteiger partial charge is 0.316 e.